The molecule has 5 fully saturated rings. The number of hydrogen-bond acceptors (Lipinski definition) is 5. The zero-order valence-electron chi connectivity index (χ0n) is 22.1. The molecule has 1 aliphatic heterocycles. The van der Waals surface area contributed by atoms with E-state index in [0.29, 0.717) is 48.5 Å². The third kappa shape index (κ3) is 3.62. The number of aliphatic hydroxyl groups is 2. The lowest BCUT2D eigenvalue weighted by Crippen LogP contribution is -2.66. The Hall–Kier alpha value is -0.650. The number of fused-ring (bicyclic) bond motifs is 3. The fourth-order valence-corrected chi connectivity index (χ4v) is 10.1. The highest BCUT2D eigenvalue weighted by Crippen LogP contribution is 2.71. The van der Waals surface area contributed by atoms with Crippen molar-refractivity contribution in [3.05, 3.63) is 0 Å². The summed E-state index contributed by atoms with van der Waals surface area (Å²) in [4.78, 5) is 12.0. The molecule has 2 bridgehead atoms. The molecule has 0 aromatic rings. The van der Waals surface area contributed by atoms with E-state index < -0.39 is 11.7 Å². The normalized spacial score (nSPS) is 49.2. The number of carbonyl (C=O) groups is 1. The number of aliphatic hydroxyl groups excluding tert-OH is 1. The lowest BCUT2D eigenvalue weighted by Gasteiger charge is -2.62. The molecule has 5 rings (SSSR count). The number of carbonyl (C=O) groups excluding carboxylic acids is 1. The van der Waals surface area contributed by atoms with Crippen molar-refractivity contribution in [2.75, 3.05) is 6.61 Å². The molecule has 0 aromatic heterocycles. The summed E-state index contributed by atoms with van der Waals surface area (Å²) in [7, 11) is 0. The maximum absolute atomic E-state index is 12.0. The highest BCUT2D eigenvalue weighted by molar-refractivity contribution is 5.66. The molecule has 1 heterocycles. The van der Waals surface area contributed by atoms with Gasteiger partial charge < -0.3 is 19.7 Å². The number of ether oxygens (including phenoxy) is 2. The molecule has 5 nitrogen and oxygen atoms in total. The maximum atomic E-state index is 12.0. The molecule has 0 aromatic carbocycles. The number of esters is 1. The zero-order valence-corrected chi connectivity index (χ0v) is 22.1. The lowest BCUT2D eigenvalue weighted by molar-refractivity contribution is -0.214. The van der Waals surface area contributed by atoms with Crippen LogP contribution < -0.4 is 0 Å². The second-order valence-corrected chi connectivity index (χ2v) is 13.6. The van der Waals surface area contributed by atoms with Crippen LogP contribution in [0.3, 0.4) is 0 Å². The smallest absolute Gasteiger partial charge is 0.302 e. The molecule has 2 N–H and O–H groups in total. The van der Waals surface area contributed by atoms with Gasteiger partial charge in [0, 0.05) is 18.8 Å². The van der Waals surface area contributed by atoms with Gasteiger partial charge in [0.05, 0.1) is 18.8 Å². The molecule has 0 unspecified atom stereocenters. The van der Waals surface area contributed by atoms with Crippen LogP contribution in [0.15, 0.2) is 0 Å². The summed E-state index contributed by atoms with van der Waals surface area (Å²) < 4.78 is 12.3. The van der Waals surface area contributed by atoms with Crippen LogP contribution in [0.25, 0.3) is 0 Å². The molecular weight excluding hydrogens is 428 g/mol. The van der Waals surface area contributed by atoms with Crippen molar-refractivity contribution in [2.45, 2.75) is 123 Å². The summed E-state index contributed by atoms with van der Waals surface area (Å²) in [5.74, 6) is 3.15. The number of hydrogen-bond donors (Lipinski definition) is 2. The van der Waals surface area contributed by atoms with Gasteiger partial charge in [-0.1, -0.05) is 27.7 Å². The summed E-state index contributed by atoms with van der Waals surface area (Å²) in [6, 6.07) is 0. The Kier molecular flexibility index (Phi) is 6.42. The van der Waals surface area contributed by atoms with Crippen molar-refractivity contribution in [2.24, 2.45) is 46.3 Å². The third-order valence-corrected chi connectivity index (χ3v) is 11.7. The molecular formula is C29H48O5. The average molecular weight is 477 g/mol. The van der Waals surface area contributed by atoms with Gasteiger partial charge in [0.2, 0.25) is 0 Å². The maximum Gasteiger partial charge on any atom is 0.302 e. The van der Waals surface area contributed by atoms with Gasteiger partial charge in [-0.15, -0.1) is 0 Å². The van der Waals surface area contributed by atoms with Crippen LogP contribution in [0.1, 0.15) is 98.8 Å². The minimum Gasteiger partial charge on any atom is -0.462 e. The van der Waals surface area contributed by atoms with Crippen LogP contribution in [0.4, 0.5) is 0 Å². The number of rotatable bonds is 6. The molecule has 4 saturated carbocycles. The Bertz CT molecular complexity index is 782. The van der Waals surface area contributed by atoms with Crippen LogP contribution in [0, 0.1) is 46.3 Å². The molecule has 0 spiro atoms. The molecule has 0 radical (unpaired) electrons. The molecule has 1 saturated heterocycles. The first kappa shape index (κ1) is 25.0. The van der Waals surface area contributed by atoms with Gasteiger partial charge in [-0.3, -0.25) is 4.79 Å². The Labute approximate surface area is 206 Å². The Morgan fingerprint density at radius 3 is 2.56 bits per heavy atom. The van der Waals surface area contributed by atoms with Crippen molar-refractivity contribution in [1.29, 1.82) is 0 Å². The summed E-state index contributed by atoms with van der Waals surface area (Å²) in [6.07, 6.45) is 9.46. The van der Waals surface area contributed by atoms with Crippen molar-refractivity contribution in [1.82, 2.24) is 0 Å². The van der Waals surface area contributed by atoms with Crippen LogP contribution in [-0.4, -0.2) is 46.7 Å². The Morgan fingerprint density at radius 2 is 1.85 bits per heavy atom. The third-order valence-electron chi connectivity index (χ3n) is 11.7. The highest BCUT2D eigenvalue weighted by Gasteiger charge is 2.72. The summed E-state index contributed by atoms with van der Waals surface area (Å²) >= 11 is 0. The zero-order chi connectivity index (χ0) is 24.5. The predicted molar refractivity (Wildman–Crippen MR) is 131 cm³/mol. The van der Waals surface area contributed by atoms with E-state index >= 15 is 0 Å². The van der Waals surface area contributed by atoms with Gasteiger partial charge in [0.15, 0.2) is 0 Å². The van der Waals surface area contributed by atoms with Gasteiger partial charge >= 0.3 is 5.97 Å². The molecule has 11 atom stereocenters. The van der Waals surface area contributed by atoms with E-state index in [2.05, 4.69) is 27.7 Å². The summed E-state index contributed by atoms with van der Waals surface area (Å²) in [5.41, 5.74) is -0.749. The van der Waals surface area contributed by atoms with Crippen LogP contribution in [0.5, 0.6) is 0 Å². The first-order valence-electron chi connectivity index (χ1n) is 14.2. The van der Waals surface area contributed by atoms with Crippen molar-refractivity contribution < 1.29 is 24.5 Å². The molecule has 5 aliphatic rings. The van der Waals surface area contributed by atoms with Gasteiger partial charge in [-0.2, -0.15) is 0 Å². The predicted octanol–water partition coefficient (Wildman–Crippen LogP) is 5.11. The standard InChI is InChI=1S/C29H48O5/c1-17(2)6-9-25(34-19(4)30)18(3)22-7-8-23-21-14-26-29(32)15-20(31)10-13-28(29,16-33-26)24(21)11-12-27(22,23)5/h17-18,20-26,31-32H,6-16H2,1-5H3/t18-,20+,21-,22+,23-,24-,25-,26+,27+,28-,29-/m0/s1. The van der Waals surface area contributed by atoms with E-state index in [9.17, 15) is 15.0 Å². The van der Waals surface area contributed by atoms with Crippen molar-refractivity contribution in [3.63, 3.8) is 0 Å². The average Bonchev–Trinajstić information content (AvgIpc) is 3.18. The van der Waals surface area contributed by atoms with Gasteiger partial charge in [0.25, 0.3) is 0 Å². The van der Waals surface area contributed by atoms with E-state index in [1.165, 1.54) is 19.3 Å². The largest absolute Gasteiger partial charge is 0.462 e. The van der Waals surface area contributed by atoms with E-state index in [1.54, 1.807) is 6.92 Å². The second-order valence-electron chi connectivity index (χ2n) is 13.6. The van der Waals surface area contributed by atoms with Crippen LogP contribution in [-0.2, 0) is 14.3 Å². The first-order chi connectivity index (χ1) is 16.0. The second kappa shape index (κ2) is 8.73. The molecule has 5 heteroatoms. The minimum atomic E-state index is -0.845. The molecule has 0 amide bonds. The highest BCUT2D eigenvalue weighted by atomic mass is 16.5. The lowest BCUT2D eigenvalue weighted by atomic mass is 9.43. The van der Waals surface area contributed by atoms with E-state index in [4.69, 9.17) is 9.47 Å². The fourth-order valence-electron chi connectivity index (χ4n) is 10.1. The monoisotopic (exact) mass is 476 g/mol. The summed E-state index contributed by atoms with van der Waals surface area (Å²) in [5, 5.41) is 22.3. The fraction of sp³-hybridized carbons (Fsp3) is 0.966. The SMILES string of the molecule is CC(=O)O[C@@H](CCC(C)C)[C@@H](C)[C@H]1CC[C@H]2[C@@H]3C[C@H]4OC[C@@]5(CC[C@@H](O)C[C@]45O)[C@H]3CC[C@]12C. The van der Waals surface area contributed by atoms with E-state index in [-0.39, 0.29) is 29.0 Å². The molecule has 4 aliphatic carbocycles. The van der Waals surface area contributed by atoms with E-state index in [1.807, 2.05) is 0 Å². The van der Waals surface area contributed by atoms with Crippen molar-refractivity contribution in [3.8, 4) is 0 Å². The van der Waals surface area contributed by atoms with Crippen molar-refractivity contribution >= 4 is 5.97 Å². The van der Waals surface area contributed by atoms with Crippen LogP contribution >= 0.6 is 0 Å². The first-order valence-corrected chi connectivity index (χ1v) is 14.2. The Morgan fingerprint density at radius 1 is 1.09 bits per heavy atom. The topological polar surface area (TPSA) is 76.0 Å². The van der Waals surface area contributed by atoms with Gasteiger partial charge in [0.1, 0.15) is 11.7 Å². The Balaban J connectivity index is 1.38. The minimum absolute atomic E-state index is 0.00702. The quantitative estimate of drug-likeness (QED) is 0.521. The molecule has 194 valence electrons. The van der Waals surface area contributed by atoms with E-state index in [0.717, 1.165) is 38.5 Å². The van der Waals surface area contributed by atoms with Crippen LogP contribution in [0.2, 0.25) is 0 Å². The molecule has 34 heavy (non-hydrogen) atoms. The van der Waals surface area contributed by atoms with Gasteiger partial charge in [-0.25, -0.2) is 0 Å². The summed E-state index contributed by atoms with van der Waals surface area (Å²) in [6.45, 7) is 11.6. The van der Waals surface area contributed by atoms with Gasteiger partial charge in [-0.05, 0) is 98.7 Å².